The first-order chi connectivity index (χ1) is 15.6. The van der Waals surface area contributed by atoms with Crippen LogP contribution >= 0.6 is 0 Å². The van der Waals surface area contributed by atoms with Gasteiger partial charge in [0.05, 0.1) is 12.2 Å². The molecule has 176 valence electrons. The Bertz CT molecular complexity index is 749. The summed E-state index contributed by atoms with van der Waals surface area (Å²) in [5, 5.41) is 0. The first kappa shape index (κ1) is 26.1. The van der Waals surface area contributed by atoms with Gasteiger partial charge in [-0.2, -0.15) is 0 Å². The molecule has 3 heteroatoms. The summed E-state index contributed by atoms with van der Waals surface area (Å²) >= 11 is 0. The Hall–Kier alpha value is -2.13. The third-order valence-electron chi connectivity index (χ3n) is 5.78. The molecule has 0 N–H and O–H groups in total. The van der Waals surface area contributed by atoms with E-state index >= 15 is 0 Å². The summed E-state index contributed by atoms with van der Waals surface area (Å²) in [7, 11) is 0. The molecule has 1 unspecified atom stereocenters. The molecular weight excluding hydrogens is 396 g/mol. The Morgan fingerprint density at radius 1 is 0.750 bits per heavy atom. The van der Waals surface area contributed by atoms with Gasteiger partial charge in [0, 0.05) is 6.61 Å². The SMILES string of the molecule is CCCCCCCOCC(C)OC(=O)c1ccc(-c2ccc(CCCCCC)cc2)cc1. The van der Waals surface area contributed by atoms with E-state index in [1.165, 1.54) is 62.5 Å². The molecule has 0 aliphatic carbocycles. The van der Waals surface area contributed by atoms with Crippen LogP contribution in [0, 0.1) is 0 Å². The number of hydrogen-bond acceptors (Lipinski definition) is 3. The highest BCUT2D eigenvalue weighted by molar-refractivity contribution is 5.90. The zero-order valence-corrected chi connectivity index (χ0v) is 20.4. The Morgan fingerprint density at radius 3 is 1.94 bits per heavy atom. The highest BCUT2D eigenvalue weighted by Crippen LogP contribution is 2.21. The molecular formula is C29H42O3. The van der Waals surface area contributed by atoms with Crippen molar-refractivity contribution in [1.29, 1.82) is 0 Å². The molecule has 0 saturated heterocycles. The lowest BCUT2D eigenvalue weighted by Crippen LogP contribution is -2.20. The Kier molecular flexibility index (Phi) is 12.8. The van der Waals surface area contributed by atoms with Crippen LogP contribution in [0.1, 0.15) is 94.5 Å². The van der Waals surface area contributed by atoms with Crippen LogP contribution in [0.5, 0.6) is 0 Å². The number of carbonyl (C=O) groups is 1. The second-order valence-corrected chi connectivity index (χ2v) is 8.79. The molecule has 0 amide bonds. The number of carbonyl (C=O) groups excluding carboxylic acids is 1. The minimum Gasteiger partial charge on any atom is -0.457 e. The van der Waals surface area contributed by atoms with Gasteiger partial charge in [0.25, 0.3) is 0 Å². The molecule has 0 saturated carbocycles. The summed E-state index contributed by atoms with van der Waals surface area (Å²) in [4.78, 5) is 12.4. The van der Waals surface area contributed by atoms with Gasteiger partial charge < -0.3 is 9.47 Å². The summed E-state index contributed by atoms with van der Waals surface area (Å²) < 4.78 is 11.2. The summed E-state index contributed by atoms with van der Waals surface area (Å²) in [6.07, 6.45) is 12.1. The van der Waals surface area contributed by atoms with Gasteiger partial charge in [0.15, 0.2) is 0 Å². The van der Waals surface area contributed by atoms with E-state index < -0.39 is 0 Å². The monoisotopic (exact) mass is 438 g/mol. The highest BCUT2D eigenvalue weighted by atomic mass is 16.6. The Morgan fingerprint density at radius 2 is 1.31 bits per heavy atom. The van der Waals surface area contributed by atoms with Crippen molar-refractivity contribution >= 4 is 5.97 Å². The molecule has 0 bridgehead atoms. The van der Waals surface area contributed by atoms with Gasteiger partial charge in [-0.05, 0) is 55.0 Å². The largest absolute Gasteiger partial charge is 0.457 e. The van der Waals surface area contributed by atoms with Crippen LogP contribution < -0.4 is 0 Å². The predicted octanol–water partition coefficient (Wildman–Crippen LogP) is 8.01. The van der Waals surface area contributed by atoms with Crippen LogP contribution in [0.15, 0.2) is 48.5 Å². The van der Waals surface area contributed by atoms with E-state index in [1.807, 2.05) is 31.2 Å². The lowest BCUT2D eigenvalue weighted by Gasteiger charge is -2.14. The number of benzene rings is 2. The molecule has 0 aliphatic heterocycles. The number of ether oxygens (including phenoxy) is 2. The van der Waals surface area contributed by atoms with Crippen molar-refractivity contribution in [3.8, 4) is 11.1 Å². The van der Waals surface area contributed by atoms with E-state index in [0.29, 0.717) is 12.2 Å². The smallest absolute Gasteiger partial charge is 0.338 e. The molecule has 1 atom stereocenters. The fourth-order valence-electron chi connectivity index (χ4n) is 3.76. The van der Waals surface area contributed by atoms with Crippen molar-refractivity contribution in [2.45, 2.75) is 91.1 Å². The number of aryl methyl sites for hydroxylation is 1. The van der Waals surface area contributed by atoms with Gasteiger partial charge in [-0.15, -0.1) is 0 Å². The lowest BCUT2D eigenvalue weighted by molar-refractivity contribution is 0.00152. The van der Waals surface area contributed by atoms with Crippen LogP contribution in [0.2, 0.25) is 0 Å². The van der Waals surface area contributed by atoms with Crippen LogP contribution in [0.3, 0.4) is 0 Å². The third-order valence-corrected chi connectivity index (χ3v) is 5.78. The molecule has 0 heterocycles. The summed E-state index contributed by atoms with van der Waals surface area (Å²) in [6, 6.07) is 16.4. The van der Waals surface area contributed by atoms with Gasteiger partial charge in [-0.3, -0.25) is 0 Å². The highest BCUT2D eigenvalue weighted by Gasteiger charge is 2.12. The number of rotatable bonds is 16. The van der Waals surface area contributed by atoms with Crippen molar-refractivity contribution < 1.29 is 14.3 Å². The van der Waals surface area contributed by atoms with E-state index in [0.717, 1.165) is 25.0 Å². The fraction of sp³-hybridized carbons (Fsp3) is 0.552. The normalized spacial score (nSPS) is 12.0. The van der Waals surface area contributed by atoms with Crippen molar-refractivity contribution in [2.75, 3.05) is 13.2 Å². The van der Waals surface area contributed by atoms with E-state index in [1.54, 1.807) is 0 Å². The van der Waals surface area contributed by atoms with Crippen LogP contribution in [0.4, 0.5) is 0 Å². The van der Waals surface area contributed by atoms with E-state index in [4.69, 9.17) is 9.47 Å². The van der Waals surface area contributed by atoms with Crippen LogP contribution in [-0.2, 0) is 15.9 Å². The fourth-order valence-corrected chi connectivity index (χ4v) is 3.76. The maximum Gasteiger partial charge on any atom is 0.338 e. The van der Waals surface area contributed by atoms with Gasteiger partial charge in [-0.25, -0.2) is 4.79 Å². The Balaban J connectivity index is 1.74. The molecule has 2 aromatic carbocycles. The Labute approximate surface area is 195 Å². The molecule has 0 aliphatic rings. The van der Waals surface area contributed by atoms with Crippen molar-refractivity contribution in [3.05, 3.63) is 59.7 Å². The summed E-state index contributed by atoms with van der Waals surface area (Å²) in [6.45, 7) is 7.52. The minimum atomic E-state index is -0.293. The third kappa shape index (κ3) is 9.99. The first-order valence-electron chi connectivity index (χ1n) is 12.6. The maximum atomic E-state index is 12.4. The quantitative estimate of drug-likeness (QED) is 0.197. The van der Waals surface area contributed by atoms with Gasteiger partial charge in [0.1, 0.15) is 6.10 Å². The van der Waals surface area contributed by atoms with Crippen molar-refractivity contribution in [3.63, 3.8) is 0 Å². The number of hydrogen-bond donors (Lipinski definition) is 0. The molecule has 2 aromatic rings. The van der Waals surface area contributed by atoms with Crippen LogP contribution in [-0.4, -0.2) is 25.3 Å². The number of unbranched alkanes of at least 4 members (excludes halogenated alkanes) is 7. The molecule has 2 rings (SSSR count). The average molecular weight is 439 g/mol. The molecule has 0 spiro atoms. The van der Waals surface area contributed by atoms with Gasteiger partial charge in [-0.1, -0.05) is 95.2 Å². The van der Waals surface area contributed by atoms with Gasteiger partial charge in [0.2, 0.25) is 0 Å². The molecule has 0 fully saturated rings. The van der Waals surface area contributed by atoms with E-state index in [-0.39, 0.29) is 12.1 Å². The summed E-state index contributed by atoms with van der Waals surface area (Å²) in [5.41, 5.74) is 4.25. The minimum absolute atomic E-state index is 0.248. The molecule has 3 nitrogen and oxygen atoms in total. The summed E-state index contributed by atoms with van der Waals surface area (Å²) in [5.74, 6) is -0.293. The maximum absolute atomic E-state index is 12.4. The zero-order valence-electron chi connectivity index (χ0n) is 20.4. The average Bonchev–Trinajstić information content (AvgIpc) is 2.82. The zero-order chi connectivity index (χ0) is 23.0. The standard InChI is InChI=1S/C29H42O3/c1-4-6-8-10-12-22-31-23-24(3)32-29(30)28-20-18-27(19-21-28)26-16-14-25(15-17-26)13-11-9-7-5-2/h14-21,24H,4-13,22-23H2,1-3H3. The lowest BCUT2D eigenvalue weighted by atomic mass is 10.0. The van der Waals surface area contributed by atoms with Gasteiger partial charge >= 0.3 is 5.97 Å². The molecule has 0 aromatic heterocycles. The van der Waals surface area contributed by atoms with E-state index in [2.05, 4.69) is 38.1 Å². The number of esters is 1. The first-order valence-corrected chi connectivity index (χ1v) is 12.6. The molecule has 0 radical (unpaired) electrons. The van der Waals surface area contributed by atoms with Crippen LogP contribution in [0.25, 0.3) is 11.1 Å². The second-order valence-electron chi connectivity index (χ2n) is 8.79. The van der Waals surface area contributed by atoms with Crippen molar-refractivity contribution in [2.24, 2.45) is 0 Å². The predicted molar refractivity (Wildman–Crippen MR) is 134 cm³/mol. The van der Waals surface area contributed by atoms with Crippen molar-refractivity contribution in [1.82, 2.24) is 0 Å². The van der Waals surface area contributed by atoms with E-state index in [9.17, 15) is 4.79 Å². The topological polar surface area (TPSA) is 35.5 Å². The molecule has 32 heavy (non-hydrogen) atoms. The second kappa shape index (κ2) is 15.6.